The second-order valence-electron chi connectivity index (χ2n) is 2.79. The number of rotatable bonds is 3. The third-order valence-electron chi connectivity index (χ3n) is 1.92. The molecule has 0 fully saturated rings. The molecule has 0 amide bonds. The molecule has 0 unspecified atom stereocenters. The third-order valence-corrected chi connectivity index (χ3v) is 2.52. The van der Waals surface area contributed by atoms with Gasteiger partial charge in [-0.3, -0.25) is 0 Å². The van der Waals surface area contributed by atoms with E-state index in [1.165, 1.54) is 5.69 Å². The Kier molecular flexibility index (Phi) is 3.48. The van der Waals surface area contributed by atoms with E-state index >= 15 is 0 Å². The molecule has 0 saturated carbocycles. The summed E-state index contributed by atoms with van der Waals surface area (Å²) in [7, 11) is 2.01. The maximum Gasteiger partial charge on any atom is 0.360 e. The molecule has 64 valence electrons. The molecule has 3 heteroatoms. The highest BCUT2D eigenvalue weighted by molar-refractivity contribution is 7.08. The minimum atomic E-state index is 0.0902. The van der Waals surface area contributed by atoms with Crippen LogP contribution in [0.15, 0.2) is 30.3 Å². The molecular weight excluding hydrogens is 168 g/mol. The van der Waals surface area contributed by atoms with Crippen LogP contribution < -0.4 is 4.81 Å². The van der Waals surface area contributed by atoms with Gasteiger partial charge < -0.3 is 4.81 Å². The van der Waals surface area contributed by atoms with Crippen molar-refractivity contribution in [1.29, 1.82) is 0 Å². The molecule has 0 spiro atoms. The fourth-order valence-electron chi connectivity index (χ4n) is 1.10. The standard InChI is InChI=1S/C9H13BClN/c1-3-10(11)12(2)9-7-5-4-6-8-9/h4-8H,3H2,1-2H3. The second kappa shape index (κ2) is 4.41. The first kappa shape index (κ1) is 9.46. The Morgan fingerprint density at radius 1 is 1.33 bits per heavy atom. The first-order chi connectivity index (χ1) is 5.75. The number of para-hydroxylation sites is 1. The lowest BCUT2D eigenvalue weighted by molar-refractivity contribution is 1.27. The van der Waals surface area contributed by atoms with Crippen LogP contribution in [0.5, 0.6) is 0 Å². The summed E-state index contributed by atoms with van der Waals surface area (Å²) in [5, 5.41) is 0. The Balaban J connectivity index is 2.71. The largest absolute Gasteiger partial charge is 0.404 e. The summed E-state index contributed by atoms with van der Waals surface area (Å²) in [6, 6.07) is 10.2. The zero-order valence-corrected chi connectivity index (χ0v) is 8.25. The average molecular weight is 181 g/mol. The lowest BCUT2D eigenvalue weighted by Crippen LogP contribution is -2.30. The van der Waals surface area contributed by atoms with Crippen molar-refractivity contribution in [1.82, 2.24) is 0 Å². The van der Waals surface area contributed by atoms with E-state index in [0.29, 0.717) is 0 Å². The van der Waals surface area contributed by atoms with Crippen LogP contribution in [-0.2, 0) is 0 Å². The number of anilines is 1. The Bertz CT molecular complexity index is 227. The summed E-state index contributed by atoms with van der Waals surface area (Å²) >= 11 is 6.08. The molecule has 1 aromatic rings. The molecule has 0 aliphatic rings. The van der Waals surface area contributed by atoms with Gasteiger partial charge in [0, 0.05) is 5.69 Å². The van der Waals surface area contributed by atoms with Gasteiger partial charge in [0.25, 0.3) is 0 Å². The molecule has 1 rings (SSSR count). The molecule has 0 bridgehead atoms. The lowest BCUT2D eigenvalue weighted by atomic mass is 9.85. The molecule has 0 aliphatic carbocycles. The molecular formula is C9H13BClN. The van der Waals surface area contributed by atoms with E-state index in [1.54, 1.807) is 0 Å². The molecule has 0 saturated heterocycles. The average Bonchev–Trinajstić information content (AvgIpc) is 2.17. The highest BCUT2D eigenvalue weighted by Crippen LogP contribution is 2.15. The van der Waals surface area contributed by atoms with Crippen LogP contribution in [0.3, 0.4) is 0 Å². The molecule has 0 aliphatic heterocycles. The molecule has 0 aromatic heterocycles. The number of hydrogen-bond acceptors (Lipinski definition) is 1. The molecule has 0 heterocycles. The topological polar surface area (TPSA) is 3.24 Å². The Morgan fingerprint density at radius 3 is 2.42 bits per heavy atom. The van der Waals surface area contributed by atoms with Gasteiger partial charge in [-0.25, -0.2) is 0 Å². The number of nitrogens with zero attached hydrogens (tertiary/aromatic N) is 1. The summed E-state index contributed by atoms with van der Waals surface area (Å²) in [4.78, 5) is 2.07. The summed E-state index contributed by atoms with van der Waals surface area (Å²) in [5.74, 6) is 0. The van der Waals surface area contributed by atoms with Crippen molar-refractivity contribution in [2.24, 2.45) is 0 Å². The van der Waals surface area contributed by atoms with Crippen LogP contribution in [0.4, 0.5) is 5.69 Å². The molecule has 12 heavy (non-hydrogen) atoms. The number of benzene rings is 1. The van der Waals surface area contributed by atoms with E-state index in [-0.39, 0.29) is 6.26 Å². The van der Waals surface area contributed by atoms with Crippen molar-refractivity contribution in [2.75, 3.05) is 11.9 Å². The predicted molar refractivity (Wildman–Crippen MR) is 56.9 cm³/mol. The van der Waals surface area contributed by atoms with E-state index in [1.807, 2.05) is 25.2 Å². The van der Waals surface area contributed by atoms with Gasteiger partial charge in [0.15, 0.2) is 0 Å². The predicted octanol–water partition coefficient (Wildman–Crippen LogP) is 2.87. The maximum atomic E-state index is 6.08. The van der Waals surface area contributed by atoms with Gasteiger partial charge in [-0.2, -0.15) is 11.5 Å². The second-order valence-corrected chi connectivity index (χ2v) is 3.29. The Morgan fingerprint density at radius 2 is 1.92 bits per heavy atom. The van der Waals surface area contributed by atoms with Gasteiger partial charge in [-0.05, 0) is 25.5 Å². The minimum Gasteiger partial charge on any atom is -0.404 e. The van der Waals surface area contributed by atoms with Crippen LogP contribution in [0.1, 0.15) is 6.92 Å². The number of hydrogen-bond donors (Lipinski definition) is 0. The van der Waals surface area contributed by atoms with Crippen molar-refractivity contribution < 1.29 is 0 Å². The van der Waals surface area contributed by atoms with Gasteiger partial charge in [-0.1, -0.05) is 25.1 Å². The van der Waals surface area contributed by atoms with E-state index < -0.39 is 0 Å². The third kappa shape index (κ3) is 2.18. The lowest BCUT2D eigenvalue weighted by Gasteiger charge is -2.21. The highest BCUT2D eigenvalue weighted by atomic mass is 35.5. The molecule has 1 aromatic carbocycles. The van der Waals surface area contributed by atoms with Crippen molar-refractivity contribution in [3.63, 3.8) is 0 Å². The van der Waals surface area contributed by atoms with E-state index in [0.717, 1.165) is 6.32 Å². The van der Waals surface area contributed by atoms with Crippen molar-refractivity contribution in [3.8, 4) is 0 Å². The fraction of sp³-hybridized carbons (Fsp3) is 0.333. The van der Waals surface area contributed by atoms with Gasteiger partial charge in [0.05, 0.1) is 0 Å². The van der Waals surface area contributed by atoms with Crippen LogP contribution in [-0.4, -0.2) is 13.3 Å². The summed E-state index contributed by atoms with van der Waals surface area (Å²) in [5.41, 5.74) is 1.17. The van der Waals surface area contributed by atoms with Gasteiger partial charge in [0.2, 0.25) is 0 Å². The van der Waals surface area contributed by atoms with Crippen molar-refractivity contribution in [3.05, 3.63) is 30.3 Å². The van der Waals surface area contributed by atoms with Crippen molar-refractivity contribution >= 4 is 23.4 Å². The quantitative estimate of drug-likeness (QED) is 0.648. The van der Waals surface area contributed by atoms with E-state index in [4.69, 9.17) is 11.5 Å². The van der Waals surface area contributed by atoms with Crippen LogP contribution in [0, 0.1) is 0 Å². The zero-order chi connectivity index (χ0) is 8.97. The summed E-state index contributed by atoms with van der Waals surface area (Å²) in [6.07, 6.45) is 1.04. The molecule has 0 radical (unpaired) electrons. The van der Waals surface area contributed by atoms with Gasteiger partial charge in [-0.15, -0.1) is 0 Å². The SMILES string of the molecule is CCB(Cl)N(C)c1ccccc1. The zero-order valence-electron chi connectivity index (χ0n) is 7.50. The minimum absolute atomic E-state index is 0.0902. The Labute approximate surface area is 79.4 Å². The monoisotopic (exact) mass is 181 g/mol. The van der Waals surface area contributed by atoms with E-state index in [9.17, 15) is 0 Å². The first-order valence-corrected chi connectivity index (χ1v) is 4.61. The Hall–Kier alpha value is -0.625. The number of halogens is 1. The normalized spacial score (nSPS) is 9.58. The van der Waals surface area contributed by atoms with Gasteiger partial charge >= 0.3 is 6.26 Å². The summed E-state index contributed by atoms with van der Waals surface area (Å²) in [6.45, 7) is 2.08. The maximum absolute atomic E-state index is 6.08. The molecule has 0 atom stereocenters. The van der Waals surface area contributed by atoms with Crippen LogP contribution in [0.25, 0.3) is 0 Å². The summed E-state index contributed by atoms with van der Waals surface area (Å²) < 4.78 is 0. The molecule has 1 nitrogen and oxygen atoms in total. The van der Waals surface area contributed by atoms with E-state index in [2.05, 4.69) is 23.9 Å². The molecule has 0 N–H and O–H groups in total. The first-order valence-electron chi connectivity index (χ1n) is 4.17. The fourth-order valence-corrected chi connectivity index (χ4v) is 1.21. The smallest absolute Gasteiger partial charge is 0.360 e. The van der Waals surface area contributed by atoms with Crippen LogP contribution >= 0.6 is 11.5 Å². The van der Waals surface area contributed by atoms with Crippen molar-refractivity contribution in [2.45, 2.75) is 13.2 Å². The van der Waals surface area contributed by atoms with Crippen LogP contribution in [0.2, 0.25) is 6.32 Å². The van der Waals surface area contributed by atoms with Gasteiger partial charge in [0.1, 0.15) is 0 Å². The highest BCUT2D eigenvalue weighted by Gasteiger charge is 2.14.